The van der Waals surface area contributed by atoms with Crippen LogP contribution in [0.1, 0.15) is 56.9 Å². The lowest BCUT2D eigenvalue weighted by Crippen LogP contribution is -2.29. The van der Waals surface area contributed by atoms with E-state index in [2.05, 4.69) is 33.0 Å². The summed E-state index contributed by atoms with van der Waals surface area (Å²) in [5, 5.41) is 3.42. The molecule has 3 heteroatoms. The average Bonchev–Trinajstić information content (AvgIpc) is 2.28. The van der Waals surface area contributed by atoms with Crippen LogP contribution in [0, 0.1) is 0 Å². The lowest BCUT2D eigenvalue weighted by atomic mass is 9.93. The van der Waals surface area contributed by atoms with Gasteiger partial charge in [0.2, 0.25) is 0 Å². The van der Waals surface area contributed by atoms with Crippen molar-refractivity contribution in [3.8, 4) is 0 Å². The molecule has 0 saturated heterocycles. The molecule has 0 saturated carbocycles. The minimum Gasteiger partial charge on any atom is -0.312 e. The van der Waals surface area contributed by atoms with Gasteiger partial charge in [-0.05, 0) is 6.42 Å². The molecule has 1 N–H and O–H groups in total. The average molecular weight is 233 g/mol. The summed E-state index contributed by atoms with van der Waals surface area (Å²) in [6, 6.07) is 0. The fourth-order valence-electron chi connectivity index (χ4n) is 2.19. The van der Waals surface area contributed by atoms with E-state index in [-0.39, 0.29) is 5.41 Å². The SMILES string of the molecule is CCCc1nc(C(C)(C)C)nc2c1CNCC2. The van der Waals surface area contributed by atoms with Crippen LogP contribution < -0.4 is 5.32 Å². The van der Waals surface area contributed by atoms with E-state index >= 15 is 0 Å². The maximum Gasteiger partial charge on any atom is 0.134 e. The molecule has 1 aliphatic rings. The van der Waals surface area contributed by atoms with Crippen molar-refractivity contribution < 1.29 is 0 Å². The summed E-state index contributed by atoms with van der Waals surface area (Å²) in [6.45, 7) is 10.7. The summed E-state index contributed by atoms with van der Waals surface area (Å²) in [6.07, 6.45) is 3.25. The molecule has 0 fully saturated rings. The topological polar surface area (TPSA) is 37.8 Å². The van der Waals surface area contributed by atoms with Gasteiger partial charge in [-0.1, -0.05) is 34.1 Å². The molecule has 1 aliphatic heterocycles. The Morgan fingerprint density at radius 1 is 1.24 bits per heavy atom. The number of rotatable bonds is 2. The van der Waals surface area contributed by atoms with Crippen LogP contribution in [0.15, 0.2) is 0 Å². The number of fused-ring (bicyclic) bond motifs is 1. The van der Waals surface area contributed by atoms with Gasteiger partial charge in [0.15, 0.2) is 0 Å². The Balaban J connectivity index is 2.48. The Morgan fingerprint density at radius 2 is 2.00 bits per heavy atom. The van der Waals surface area contributed by atoms with Gasteiger partial charge < -0.3 is 5.32 Å². The molecule has 0 radical (unpaired) electrons. The van der Waals surface area contributed by atoms with Gasteiger partial charge in [0, 0.05) is 36.2 Å². The zero-order chi connectivity index (χ0) is 12.5. The minimum absolute atomic E-state index is 0.0440. The van der Waals surface area contributed by atoms with E-state index in [4.69, 9.17) is 9.97 Å². The Hall–Kier alpha value is -0.960. The Morgan fingerprint density at radius 3 is 2.65 bits per heavy atom. The molecule has 0 amide bonds. The molecule has 0 atom stereocenters. The molecule has 1 aromatic heterocycles. The van der Waals surface area contributed by atoms with E-state index in [1.54, 1.807) is 0 Å². The zero-order valence-corrected chi connectivity index (χ0v) is 11.4. The fraction of sp³-hybridized carbons (Fsp3) is 0.714. The lowest BCUT2D eigenvalue weighted by Gasteiger charge is -2.24. The number of aromatic nitrogens is 2. The number of aryl methyl sites for hydroxylation is 1. The van der Waals surface area contributed by atoms with Crippen molar-refractivity contribution >= 4 is 0 Å². The van der Waals surface area contributed by atoms with Crippen LogP contribution in [-0.4, -0.2) is 16.5 Å². The predicted octanol–water partition coefficient (Wildman–Crippen LogP) is 2.37. The van der Waals surface area contributed by atoms with Gasteiger partial charge in [-0.2, -0.15) is 0 Å². The van der Waals surface area contributed by atoms with Gasteiger partial charge in [0.1, 0.15) is 5.82 Å². The smallest absolute Gasteiger partial charge is 0.134 e. The Bertz CT molecular complexity index is 405. The normalized spacial score (nSPS) is 15.8. The van der Waals surface area contributed by atoms with E-state index in [9.17, 15) is 0 Å². The van der Waals surface area contributed by atoms with Gasteiger partial charge in [-0.25, -0.2) is 9.97 Å². The first-order valence-corrected chi connectivity index (χ1v) is 6.62. The third kappa shape index (κ3) is 2.65. The number of nitrogens with zero attached hydrogens (tertiary/aromatic N) is 2. The summed E-state index contributed by atoms with van der Waals surface area (Å²) in [7, 11) is 0. The summed E-state index contributed by atoms with van der Waals surface area (Å²) >= 11 is 0. The van der Waals surface area contributed by atoms with E-state index in [1.165, 1.54) is 17.0 Å². The van der Waals surface area contributed by atoms with Crippen molar-refractivity contribution in [2.45, 2.75) is 58.9 Å². The van der Waals surface area contributed by atoms with Gasteiger partial charge in [-0.15, -0.1) is 0 Å². The van der Waals surface area contributed by atoms with E-state index in [0.29, 0.717) is 0 Å². The van der Waals surface area contributed by atoms with Crippen LogP contribution in [0.5, 0.6) is 0 Å². The van der Waals surface area contributed by atoms with Crippen molar-refractivity contribution in [2.24, 2.45) is 0 Å². The maximum atomic E-state index is 4.80. The highest BCUT2D eigenvalue weighted by Gasteiger charge is 2.23. The third-order valence-corrected chi connectivity index (χ3v) is 3.18. The van der Waals surface area contributed by atoms with Gasteiger partial charge in [0.25, 0.3) is 0 Å². The van der Waals surface area contributed by atoms with Crippen LogP contribution in [0.4, 0.5) is 0 Å². The first-order chi connectivity index (χ1) is 8.02. The van der Waals surface area contributed by atoms with E-state index in [1.807, 2.05) is 0 Å². The maximum absolute atomic E-state index is 4.80. The van der Waals surface area contributed by atoms with Gasteiger partial charge in [0.05, 0.1) is 5.69 Å². The largest absolute Gasteiger partial charge is 0.312 e. The minimum atomic E-state index is 0.0440. The summed E-state index contributed by atoms with van der Waals surface area (Å²) in [4.78, 5) is 9.57. The zero-order valence-electron chi connectivity index (χ0n) is 11.4. The molecule has 0 unspecified atom stereocenters. The Labute approximate surface area is 104 Å². The second-order valence-corrected chi connectivity index (χ2v) is 5.85. The number of hydrogen-bond donors (Lipinski definition) is 1. The van der Waals surface area contributed by atoms with Gasteiger partial charge >= 0.3 is 0 Å². The standard InChI is InChI=1S/C14H23N3/c1-5-6-11-10-9-15-8-7-12(10)17-13(16-11)14(2,3)4/h15H,5-9H2,1-4H3. The summed E-state index contributed by atoms with van der Waals surface area (Å²) < 4.78 is 0. The highest BCUT2D eigenvalue weighted by Crippen LogP contribution is 2.23. The first-order valence-electron chi connectivity index (χ1n) is 6.62. The van der Waals surface area contributed by atoms with Crippen LogP contribution >= 0.6 is 0 Å². The molecular weight excluding hydrogens is 210 g/mol. The van der Waals surface area contributed by atoms with Crippen molar-refractivity contribution in [3.63, 3.8) is 0 Å². The van der Waals surface area contributed by atoms with Crippen molar-refractivity contribution in [2.75, 3.05) is 6.54 Å². The highest BCUT2D eigenvalue weighted by molar-refractivity contribution is 5.29. The Kier molecular flexibility index (Phi) is 3.48. The monoisotopic (exact) mass is 233 g/mol. The molecule has 3 nitrogen and oxygen atoms in total. The van der Waals surface area contributed by atoms with Gasteiger partial charge in [-0.3, -0.25) is 0 Å². The van der Waals surface area contributed by atoms with Crippen LogP contribution in [0.3, 0.4) is 0 Å². The van der Waals surface area contributed by atoms with Crippen molar-refractivity contribution in [1.82, 2.24) is 15.3 Å². The second kappa shape index (κ2) is 4.73. The van der Waals surface area contributed by atoms with Crippen molar-refractivity contribution in [3.05, 3.63) is 22.8 Å². The molecule has 94 valence electrons. The van der Waals surface area contributed by atoms with E-state index < -0.39 is 0 Å². The number of nitrogens with one attached hydrogen (secondary N) is 1. The molecular formula is C14H23N3. The predicted molar refractivity (Wildman–Crippen MR) is 70.1 cm³/mol. The van der Waals surface area contributed by atoms with Crippen molar-refractivity contribution in [1.29, 1.82) is 0 Å². The van der Waals surface area contributed by atoms with Crippen LogP contribution in [0.25, 0.3) is 0 Å². The fourth-order valence-corrected chi connectivity index (χ4v) is 2.19. The molecule has 0 aromatic carbocycles. The summed E-state index contributed by atoms with van der Waals surface area (Å²) in [5.41, 5.74) is 3.93. The quantitative estimate of drug-likeness (QED) is 0.852. The highest BCUT2D eigenvalue weighted by atomic mass is 15.0. The van der Waals surface area contributed by atoms with Crippen LogP contribution in [-0.2, 0) is 24.8 Å². The molecule has 1 aromatic rings. The third-order valence-electron chi connectivity index (χ3n) is 3.18. The molecule has 17 heavy (non-hydrogen) atoms. The second-order valence-electron chi connectivity index (χ2n) is 5.85. The van der Waals surface area contributed by atoms with E-state index in [0.717, 1.165) is 38.2 Å². The molecule has 0 bridgehead atoms. The molecule has 0 aliphatic carbocycles. The first kappa shape index (κ1) is 12.5. The van der Waals surface area contributed by atoms with Crippen LogP contribution in [0.2, 0.25) is 0 Å². The molecule has 0 spiro atoms. The lowest BCUT2D eigenvalue weighted by molar-refractivity contribution is 0.522. The summed E-state index contributed by atoms with van der Waals surface area (Å²) in [5.74, 6) is 1.00. The molecule has 2 heterocycles. The molecule has 2 rings (SSSR count). The number of hydrogen-bond acceptors (Lipinski definition) is 3.